The summed E-state index contributed by atoms with van der Waals surface area (Å²) in [6.45, 7) is 0. The number of hydrogen-bond acceptors (Lipinski definition) is 0. The first-order valence-corrected chi connectivity index (χ1v) is 31.9. The van der Waals surface area contributed by atoms with E-state index in [9.17, 15) is 0 Å². The maximum Gasteiger partial charge on any atom is 1.00 e. The van der Waals surface area contributed by atoms with Crippen LogP contribution >= 0.6 is 31.7 Å². The summed E-state index contributed by atoms with van der Waals surface area (Å²) in [6.07, 6.45) is 0. The first kappa shape index (κ1) is 56.3. The summed E-state index contributed by atoms with van der Waals surface area (Å²) in [4.78, 5) is 0. The molecule has 0 radical (unpaired) electrons. The third-order valence-electron chi connectivity index (χ3n) is 12.7. The van der Waals surface area contributed by atoms with Crippen LogP contribution in [0.1, 0.15) is 0 Å². The van der Waals surface area contributed by atoms with E-state index in [0.29, 0.717) is 0 Å². The fourth-order valence-corrected chi connectivity index (χ4v) is 19.6. The van der Waals surface area contributed by atoms with Crippen LogP contribution < -0.4 is 63.7 Å². The maximum absolute atomic E-state index is 2.24. The van der Waals surface area contributed by atoms with Gasteiger partial charge in [-0.25, -0.2) is 0 Å². The van der Waals surface area contributed by atoms with Crippen molar-refractivity contribution in [2.75, 3.05) is 0 Å². The van der Waals surface area contributed by atoms with Gasteiger partial charge in [-0.1, -0.05) is 218 Å². The van der Waals surface area contributed by atoms with E-state index in [1.807, 2.05) is 0 Å². The standard InChI is InChI=1S/4C18H15P.Ag/c4*1-4-10-16(11-5-1)19(17-12-6-2-7-13-17)18-14-8-3-9-15-18;/h4*1-15H;/q;;;;+1/p+4. The summed E-state index contributed by atoms with van der Waals surface area (Å²) in [5.74, 6) is 0. The minimum Gasteiger partial charge on any atom is -0.0620 e. The molecule has 0 aliphatic carbocycles. The van der Waals surface area contributed by atoms with Crippen molar-refractivity contribution in [1.82, 2.24) is 0 Å². The van der Waals surface area contributed by atoms with Crippen molar-refractivity contribution in [2.45, 2.75) is 0 Å². The fourth-order valence-electron chi connectivity index (χ4n) is 9.26. The minimum atomic E-state index is -0.877. The van der Waals surface area contributed by atoms with E-state index in [1.54, 1.807) is 0 Å². The van der Waals surface area contributed by atoms with E-state index in [4.69, 9.17) is 0 Å². The normalized spacial score (nSPS) is 10.4. The first-order valence-electron chi connectivity index (χ1n) is 25.9. The van der Waals surface area contributed by atoms with Gasteiger partial charge in [-0.3, -0.25) is 0 Å². The van der Waals surface area contributed by atoms with Crippen LogP contribution in [0.4, 0.5) is 0 Å². The number of benzene rings is 12. The van der Waals surface area contributed by atoms with E-state index < -0.39 is 31.7 Å². The predicted octanol–water partition coefficient (Wildman–Crippen LogP) is 12.7. The summed E-state index contributed by atoms with van der Waals surface area (Å²) in [7, 11) is -3.51. The Morgan fingerprint density at radius 3 is 0.234 bits per heavy atom. The van der Waals surface area contributed by atoms with E-state index in [1.165, 1.54) is 63.7 Å². The van der Waals surface area contributed by atoms with E-state index in [-0.39, 0.29) is 22.4 Å². The molecular formula is C72H64AgP4+5. The van der Waals surface area contributed by atoms with Gasteiger partial charge in [0.2, 0.25) is 0 Å². The van der Waals surface area contributed by atoms with Gasteiger partial charge in [0.15, 0.2) is 0 Å². The molecule has 5 heteroatoms. The van der Waals surface area contributed by atoms with Crippen molar-refractivity contribution >= 4 is 95.3 Å². The van der Waals surface area contributed by atoms with Gasteiger partial charge in [-0.2, -0.15) is 0 Å². The fraction of sp³-hybridized carbons (Fsp3) is 0. The molecule has 378 valence electrons. The second-order valence-electron chi connectivity index (χ2n) is 17.9. The van der Waals surface area contributed by atoms with Crippen molar-refractivity contribution < 1.29 is 22.4 Å². The van der Waals surface area contributed by atoms with Crippen molar-refractivity contribution in [1.29, 1.82) is 0 Å². The Balaban J connectivity index is 0.000000135. The largest absolute Gasteiger partial charge is 1.00 e. The summed E-state index contributed by atoms with van der Waals surface area (Å²) in [5, 5.41) is 17.2. The molecular weight excluding hydrogens is 1100 g/mol. The van der Waals surface area contributed by atoms with Gasteiger partial charge in [0.25, 0.3) is 0 Å². The summed E-state index contributed by atoms with van der Waals surface area (Å²) in [5.41, 5.74) is 0. The third kappa shape index (κ3) is 16.6. The summed E-state index contributed by atoms with van der Waals surface area (Å²) >= 11 is 0. The molecule has 0 N–H and O–H groups in total. The molecule has 0 unspecified atom stereocenters. The molecule has 0 saturated carbocycles. The van der Waals surface area contributed by atoms with E-state index >= 15 is 0 Å². The molecule has 0 nitrogen and oxygen atoms in total. The Hall–Kier alpha value is -6.90. The Kier molecular flexibility index (Phi) is 22.9. The molecule has 12 rings (SSSR count). The van der Waals surface area contributed by atoms with E-state index in [0.717, 1.165) is 0 Å². The molecule has 0 fully saturated rings. The van der Waals surface area contributed by atoms with Gasteiger partial charge in [-0.15, -0.1) is 0 Å². The quantitative estimate of drug-likeness (QED) is 0.0845. The monoisotopic (exact) mass is 1160 g/mol. The van der Waals surface area contributed by atoms with Crippen LogP contribution in [-0.2, 0) is 22.4 Å². The molecule has 0 heterocycles. The van der Waals surface area contributed by atoms with Gasteiger partial charge in [-0.05, 0) is 146 Å². The number of hydrogen-bond donors (Lipinski definition) is 0. The van der Waals surface area contributed by atoms with Crippen LogP contribution in [0.25, 0.3) is 0 Å². The zero-order chi connectivity index (χ0) is 51.7. The van der Waals surface area contributed by atoms with E-state index in [2.05, 4.69) is 364 Å². The molecule has 0 aliphatic heterocycles. The first-order chi connectivity index (χ1) is 37.8. The molecule has 0 aromatic heterocycles. The zero-order valence-corrected chi connectivity index (χ0v) is 48.4. The van der Waals surface area contributed by atoms with Crippen molar-refractivity contribution in [3.63, 3.8) is 0 Å². The van der Waals surface area contributed by atoms with Crippen LogP contribution in [0.3, 0.4) is 0 Å². The molecule has 0 spiro atoms. The minimum absolute atomic E-state index is 0. The Morgan fingerprint density at radius 1 is 0.104 bits per heavy atom. The molecule has 77 heavy (non-hydrogen) atoms. The maximum atomic E-state index is 2.24. The smallest absolute Gasteiger partial charge is 0.0620 e. The SMILES string of the molecule is [Ag+].c1ccc([PH+](c2ccccc2)c2ccccc2)cc1.c1ccc([PH+](c2ccccc2)c2ccccc2)cc1.c1ccc([PH+](c2ccccc2)c2ccccc2)cc1.c1ccc([PH+](c2ccccc2)c2ccccc2)cc1. The summed E-state index contributed by atoms with van der Waals surface area (Å²) < 4.78 is 0. The van der Waals surface area contributed by atoms with Crippen LogP contribution in [0.5, 0.6) is 0 Å². The average Bonchev–Trinajstić information content (AvgIpc) is 3.51. The molecule has 0 bridgehead atoms. The second kappa shape index (κ2) is 31.4. The van der Waals surface area contributed by atoms with Gasteiger partial charge in [0, 0.05) is 0 Å². The van der Waals surface area contributed by atoms with Gasteiger partial charge < -0.3 is 0 Å². The molecule has 0 atom stereocenters. The van der Waals surface area contributed by atoms with Gasteiger partial charge in [0.05, 0.1) is 31.7 Å². The second-order valence-corrected chi connectivity index (χ2v) is 27.8. The van der Waals surface area contributed by atoms with Crippen LogP contribution in [0, 0.1) is 0 Å². The molecule has 12 aromatic rings. The third-order valence-corrected chi connectivity index (χ3v) is 23.7. The molecule has 12 aromatic carbocycles. The zero-order valence-electron chi connectivity index (χ0n) is 42.9. The van der Waals surface area contributed by atoms with Gasteiger partial charge in [0.1, 0.15) is 63.7 Å². The average molecular weight is 1160 g/mol. The van der Waals surface area contributed by atoms with Crippen LogP contribution in [0.2, 0.25) is 0 Å². The van der Waals surface area contributed by atoms with Crippen LogP contribution in [0.15, 0.2) is 364 Å². The molecule has 0 aliphatic rings. The summed E-state index contributed by atoms with van der Waals surface area (Å²) in [6, 6.07) is 130. The van der Waals surface area contributed by atoms with Crippen molar-refractivity contribution in [2.24, 2.45) is 0 Å². The van der Waals surface area contributed by atoms with Crippen molar-refractivity contribution in [3.05, 3.63) is 364 Å². The van der Waals surface area contributed by atoms with Crippen molar-refractivity contribution in [3.8, 4) is 0 Å². The molecule has 0 amide bonds. The topological polar surface area (TPSA) is 0 Å². The Labute approximate surface area is 478 Å². The van der Waals surface area contributed by atoms with Crippen LogP contribution in [-0.4, -0.2) is 0 Å². The predicted molar refractivity (Wildman–Crippen MR) is 346 cm³/mol. The Morgan fingerprint density at radius 2 is 0.169 bits per heavy atom. The van der Waals surface area contributed by atoms with Gasteiger partial charge >= 0.3 is 22.4 Å². The Bertz CT molecular complexity index is 2580. The number of rotatable bonds is 12. The molecule has 0 saturated heterocycles.